The zero-order valence-corrected chi connectivity index (χ0v) is 13.0. The first-order valence-corrected chi connectivity index (χ1v) is 6.91. The Labute approximate surface area is 122 Å². The fraction of sp³-hybridized carbons (Fsp3) is 0.500. The van der Waals surface area contributed by atoms with E-state index in [9.17, 15) is 4.79 Å². The highest BCUT2D eigenvalue weighted by molar-refractivity contribution is 9.10. The summed E-state index contributed by atoms with van der Waals surface area (Å²) in [6.07, 6.45) is 0.767. The maximum Gasteiger partial charge on any atom is 0.175 e. The van der Waals surface area contributed by atoms with Crippen molar-refractivity contribution in [1.82, 2.24) is 0 Å². The Balaban J connectivity index is 2.59. The average Bonchev–Trinajstić information content (AvgIpc) is 2.38. The molecular weight excluding hydrogens is 312 g/mol. The number of methoxy groups -OCH3 is 1. The summed E-state index contributed by atoms with van der Waals surface area (Å²) in [5.74, 6) is 1.62. The van der Waals surface area contributed by atoms with Crippen molar-refractivity contribution >= 4 is 22.2 Å². The molecule has 0 saturated carbocycles. The highest BCUT2D eigenvalue weighted by Gasteiger charge is 2.11. The molecule has 0 radical (unpaired) electrons. The first-order chi connectivity index (χ1) is 9.08. The molecule has 19 heavy (non-hydrogen) atoms. The summed E-state index contributed by atoms with van der Waals surface area (Å²) in [5.41, 5.74) is 0.534. The van der Waals surface area contributed by atoms with Gasteiger partial charge in [-0.05, 0) is 34.0 Å². The summed E-state index contributed by atoms with van der Waals surface area (Å²) in [7, 11) is 1.54. The van der Waals surface area contributed by atoms with Crippen LogP contribution < -0.4 is 9.47 Å². The number of hydrogen-bond acceptors (Lipinski definition) is 4. The maximum absolute atomic E-state index is 10.8. The van der Waals surface area contributed by atoms with Gasteiger partial charge >= 0.3 is 0 Å². The second-order valence-electron chi connectivity index (χ2n) is 4.47. The topological polar surface area (TPSA) is 44.8 Å². The van der Waals surface area contributed by atoms with E-state index in [0.29, 0.717) is 47.3 Å². The molecule has 1 aromatic rings. The van der Waals surface area contributed by atoms with Crippen molar-refractivity contribution in [2.45, 2.75) is 13.8 Å². The van der Waals surface area contributed by atoms with Gasteiger partial charge in [0.05, 0.1) is 18.2 Å². The van der Waals surface area contributed by atoms with E-state index in [0.717, 1.165) is 6.29 Å². The molecular formula is C14H19BrO4. The quantitative estimate of drug-likeness (QED) is 0.541. The monoisotopic (exact) mass is 330 g/mol. The van der Waals surface area contributed by atoms with E-state index in [1.165, 1.54) is 0 Å². The molecule has 0 fully saturated rings. The molecule has 0 aliphatic heterocycles. The second kappa shape index (κ2) is 8.17. The van der Waals surface area contributed by atoms with Gasteiger partial charge in [-0.1, -0.05) is 13.8 Å². The standard InChI is InChI=1S/C14H19BrO4/c1-10(2)9-18-4-5-19-14-12(15)6-11(8-16)7-13(14)17-3/h6-8,10H,4-5,9H2,1-3H3. The van der Waals surface area contributed by atoms with Crippen molar-refractivity contribution < 1.29 is 19.0 Å². The third-order valence-corrected chi connectivity index (χ3v) is 2.90. The zero-order chi connectivity index (χ0) is 14.3. The minimum atomic E-state index is 0.433. The third kappa shape index (κ3) is 5.20. The Morgan fingerprint density at radius 3 is 2.63 bits per heavy atom. The van der Waals surface area contributed by atoms with E-state index in [1.54, 1.807) is 19.2 Å². The van der Waals surface area contributed by atoms with Gasteiger partial charge in [0, 0.05) is 12.2 Å². The van der Waals surface area contributed by atoms with Crippen LogP contribution in [0.4, 0.5) is 0 Å². The number of rotatable bonds is 8. The molecule has 106 valence electrons. The Hall–Kier alpha value is -1.07. The molecule has 4 nitrogen and oxygen atoms in total. The molecule has 0 saturated heterocycles. The lowest BCUT2D eigenvalue weighted by atomic mass is 10.2. The number of ether oxygens (including phenoxy) is 3. The van der Waals surface area contributed by atoms with E-state index in [-0.39, 0.29) is 0 Å². The number of carbonyl (C=O) groups is 1. The molecule has 0 heterocycles. The summed E-state index contributed by atoms with van der Waals surface area (Å²) in [4.78, 5) is 10.8. The van der Waals surface area contributed by atoms with Crippen LogP contribution in [-0.2, 0) is 4.74 Å². The van der Waals surface area contributed by atoms with Crippen LogP contribution in [0, 0.1) is 5.92 Å². The molecule has 0 aliphatic rings. The van der Waals surface area contributed by atoms with Crippen LogP contribution in [0.25, 0.3) is 0 Å². The lowest BCUT2D eigenvalue weighted by molar-refractivity contribution is 0.0808. The lowest BCUT2D eigenvalue weighted by Gasteiger charge is -2.13. The maximum atomic E-state index is 10.8. The SMILES string of the molecule is COc1cc(C=O)cc(Br)c1OCCOCC(C)C. The molecule has 1 rings (SSSR count). The van der Waals surface area contributed by atoms with Crippen LogP contribution in [0.1, 0.15) is 24.2 Å². The largest absolute Gasteiger partial charge is 0.493 e. The molecule has 0 bridgehead atoms. The van der Waals surface area contributed by atoms with Crippen LogP contribution in [-0.4, -0.2) is 33.2 Å². The van der Waals surface area contributed by atoms with E-state index in [2.05, 4.69) is 29.8 Å². The van der Waals surface area contributed by atoms with Crippen LogP contribution in [0.15, 0.2) is 16.6 Å². The van der Waals surface area contributed by atoms with Crippen LogP contribution in [0.3, 0.4) is 0 Å². The van der Waals surface area contributed by atoms with Gasteiger partial charge in [-0.15, -0.1) is 0 Å². The predicted molar refractivity (Wildman–Crippen MR) is 77.2 cm³/mol. The number of halogens is 1. The van der Waals surface area contributed by atoms with E-state index >= 15 is 0 Å². The van der Waals surface area contributed by atoms with Crippen molar-refractivity contribution in [2.24, 2.45) is 5.92 Å². The number of aldehydes is 1. The summed E-state index contributed by atoms with van der Waals surface area (Å²) in [6.45, 7) is 5.86. The predicted octanol–water partition coefficient (Wildman–Crippen LogP) is 3.32. The Bertz CT molecular complexity index is 418. The van der Waals surface area contributed by atoms with Crippen molar-refractivity contribution in [3.8, 4) is 11.5 Å². The van der Waals surface area contributed by atoms with E-state index in [4.69, 9.17) is 14.2 Å². The highest BCUT2D eigenvalue weighted by Crippen LogP contribution is 2.36. The molecule has 0 atom stereocenters. The molecule has 0 aromatic heterocycles. The second-order valence-corrected chi connectivity index (χ2v) is 5.32. The van der Waals surface area contributed by atoms with Gasteiger partial charge < -0.3 is 14.2 Å². The van der Waals surface area contributed by atoms with Crippen molar-refractivity contribution in [1.29, 1.82) is 0 Å². The summed E-state index contributed by atoms with van der Waals surface area (Å²) in [6, 6.07) is 3.34. The van der Waals surface area contributed by atoms with Gasteiger partial charge in [0.2, 0.25) is 0 Å². The van der Waals surface area contributed by atoms with E-state index in [1.807, 2.05) is 0 Å². The lowest BCUT2D eigenvalue weighted by Crippen LogP contribution is -2.11. The van der Waals surface area contributed by atoms with Crippen LogP contribution in [0.5, 0.6) is 11.5 Å². The summed E-state index contributed by atoms with van der Waals surface area (Å²) < 4.78 is 17.0. The van der Waals surface area contributed by atoms with Gasteiger partial charge in [-0.3, -0.25) is 4.79 Å². The van der Waals surface area contributed by atoms with Crippen LogP contribution >= 0.6 is 15.9 Å². The summed E-state index contributed by atoms with van der Waals surface area (Å²) >= 11 is 3.37. The first-order valence-electron chi connectivity index (χ1n) is 6.11. The zero-order valence-electron chi connectivity index (χ0n) is 11.4. The molecule has 0 spiro atoms. The van der Waals surface area contributed by atoms with Gasteiger partial charge in [0.15, 0.2) is 11.5 Å². The smallest absolute Gasteiger partial charge is 0.175 e. The molecule has 0 aliphatic carbocycles. The van der Waals surface area contributed by atoms with E-state index < -0.39 is 0 Å². The van der Waals surface area contributed by atoms with Crippen LogP contribution in [0.2, 0.25) is 0 Å². The van der Waals surface area contributed by atoms with Crippen molar-refractivity contribution in [3.63, 3.8) is 0 Å². The molecule has 0 N–H and O–H groups in total. The minimum Gasteiger partial charge on any atom is -0.493 e. The van der Waals surface area contributed by atoms with Gasteiger partial charge in [0.25, 0.3) is 0 Å². The molecule has 0 unspecified atom stereocenters. The third-order valence-electron chi connectivity index (χ3n) is 2.31. The van der Waals surface area contributed by atoms with Crippen molar-refractivity contribution in [3.05, 3.63) is 22.2 Å². The Kier molecular flexibility index (Phi) is 6.87. The minimum absolute atomic E-state index is 0.433. The Morgan fingerprint density at radius 1 is 1.32 bits per heavy atom. The Morgan fingerprint density at radius 2 is 2.05 bits per heavy atom. The number of carbonyl (C=O) groups excluding carboxylic acids is 1. The molecule has 5 heteroatoms. The normalized spacial score (nSPS) is 10.6. The van der Waals surface area contributed by atoms with Gasteiger partial charge in [-0.25, -0.2) is 0 Å². The van der Waals surface area contributed by atoms with Gasteiger partial charge in [0.1, 0.15) is 12.9 Å². The highest BCUT2D eigenvalue weighted by atomic mass is 79.9. The number of benzene rings is 1. The molecule has 1 aromatic carbocycles. The fourth-order valence-electron chi connectivity index (χ4n) is 1.47. The molecule has 0 amide bonds. The fourth-order valence-corrected chi connectivity index (χ4v) is 2.04. The van der Waals surface area contributed by atoms with Gasteiger partial charge in [-0.2, -0.15) is 0 Å². The first kappa shape index (κ1) is 16.0. The average molecular weight is 331 g/mol. The van der Waals surface area contributed by atoms with Crippen molar-refractivity contribution in [2.75, 3.05) is 26.9 Å². The number of hydrogen-bond donors (Lipinski definition) is 0. The summed E-state index contributed by atoms with van der Waals surface area (Å²) in [5, 5.41) is 0.